The number of ether oxygens (including phenoxy) is 2. The summed E-state index contributed by atoms with van der Waals surface area (Å²) in [6.45, 7) is 14.4. The van der Waals surface area contributed by atoms with E-state index in [4.69, 9.17) is 9.47 Å². The number of aromatic nitrogens is 3. The van der Waals surface area contributed by atoms with Crippen molar-refractivity contribution in [3.05, 3.63) is 60.2 Å². The van der Waals surface area contributed by atoms with Crippen molar-refractivity contribution in [2.45, 2.75) is 46.5 Å². The molecule has 180 valence electrons. The molecule has 0 unspecified atom stereocenters. The minimum absolute atomic E-state index is 0.0314. The SMILES string of the molecule is C=CC(=O)OCCOC(=O)c1ccc2c(c1)n1n(-c3cc(C(C)(C)CC(C)(C)C)ccc3O)n21. The molecule has 2 aromatic carbocycles. The molecular formula is C26H31N3O5. The third-order valence-electron chi connectivity index (χ3n) is 5.82. The molecular weight excluding hydrogens is 434 g/mol. The molecule has 0 atom stereocenters. The Bertz CT molecular complexity index is 1360. The van der Waals surface area contributed by atoms with Crippen molar-refractivity contribution in [1.29, 1.82) is 0 Å². The largest absolute Gasteiger partial charge is 0.506 e. The number of aromatic hydroxyl groups is 1. The van der Waals surface area contributed by atoms with Gasteiger partial charge in [0.1, 0.15) is 35.7 Å². The van der Waals surface area contributed by atoms with Gasteiger partial charge in [-0.1, -0.05) is 47.3 Å². The van der Waals surface area contributed by atoms with E-state index < -0.39 is 11.9 Å². The second kappa shape index (κ2) is 8.27. The Balaban J connectivity index is 1.55. The van der Waals surface area contributed by atoms with Crippen LogP contribution in [-0.4, -0.2) is 44.3 Å². The summed E-state index contributed by atoms with van der Waals surface area (Å²) in [7, 11) is 0. The fourth-order valence-corrected chi connectivity index (χ4v) is 4.63. The maximum Gasteiger partial charge on any atom is 0.338 e. The molecule has 1 N–H and O–H groups in total. The Morgan fingerprint density at radius 1 is 0.971 bits per heavy atom. The van der Waals surface area contributed by atoms with Crippen molar-refractivity contribution in [2.75, 3.05) is 13.2 Å². The maximum absolute atomic E-state index is 12.4. The van der Waals surface area contributed by atoms with Crippen molar-refractivity contribution in [3.63, 3.8) is 0 Å². The summed E-state index contributed by atoms with van der Waals surface area (Å²) in [5.74, 6) is -0.879. The van der Waals surface area contributed by atoms with Crippen molar-refractivity contribution >= 4 is 23.0 Å². The second-order valence-electron chi connectivity index (χ2n) is 10.4. The van der Waals surface area contributed by atoms with Crippen molar-refractivity contribution < 1.29 is 24.2 Å². The standard InChI is InChI=1S/C26H31N3O5/c1-7-23(31)33-12-13-34-24(32)17-8-10-19-20(14-17)28-27(19)29(28)21-15-18(9-11-22(21)30)26(5,6)16-25(2,3)4/h7-11,14-15,30H,1,12-13,16H2,2-6H3. The Kier molecular flexibility index (Phi) is 5.71. The molecule has 2 aromatic heterocycles. The first kappa shape index (κ1) is 23.5. The van der Waals surface area contributed by atoms with E-state index in [1.165, 1.54) is 0 Å². The minimum atomic E-state index is -0.562. The van der Waals surface area contributed by atoms with Crippen LogP contribution >= 0.6 is 0 Å². The summed E-state index contributed by atoms with van der Waals surface area (Å²) in [4.78, 5) is 25.3. The molecule has 0 radical (unpaired) electrons. The molecule has 4 rings (SSSR count). The molecule has 8 nitrogen and oxygen atoms in total. The third kappa shape index (κ3) is 4.40. The van der Waals surface area contributed by atoms with Crippen molar-refractivity contribution in [3.8, 4) is 11.4 Å². The second-order valence-corrected chi connectivity index (χ2v) is 10.4. The fourth-order valence-electron chi connectivity index (χ4n) is 4.63. The van der Waals surface area contributed by atoms with Crippen LogP contribution in [-0.2, 0) is 19.7 Å². The minimum Gasteiger partial charge on any atom is -0.506 e. The van der Waals surface area contributed by atoms with Gasteiger partial charge in [0.05, 0.1) is 5.56 Å². The van der Waals surface area contributed by atoms with Crippen molar-refractivity contribution in [1.82, 2.24) is 14.1 Å². The molecule has 2 heterocycles. The van der Waals surface area contributed by atoms with E-state index in [2.05, 4.69) is 41.2 Å². The normalized spacial score (nSPS) is 12.5. The molecule has 0 aliphatic rings. The van der Waals surface area contributed by atoms with Gasteiger partial charge in [-0.05, 0) is 53.1 Å². The predicted molar refractivity (Wildman–Crippen MR) is 129 cm³/mol. The summed E-state index contributed by atoms with van der Waals surface area (Å²) in [5.41, 5.74) is 4.09. The van der Waals surface area contributed by atoms with Gasteiger partial charge in [-0.2, -0.15) is 0 Å². The number of fused-ring (bicyclic) bond motifs is 4. The molecule has 8 heteroatoms. The quantitative estimate of drug-likeness (QED) is 0.231. The van der Waals surface area contributed by atoms with Crippen LogP contribution in [0.5, 0.6) is 5.75 Å². The average Bonchev–Trinajstić information content (AvgIpc) is 3.41. The molecule has 0 spiro atoms. The highest BCUT2D eigenvalue weighted by Gasteiger charge is 2.31. The zero-order chi connectivity index (χ0) is 24.8. The number of esters is 2. The number of hydrogen-bond donors (Lipinski definition) is 1. The molecule has 0 saturated heterocycles. The molecule has 0 fully saturated rings. The van der Waals surface area contributed by atoms with Crippen LogP contribution in [0.15, 0.2) is 49.1 Å². The van der Waals surface area contributed by atoms with Gasteiger partial charge in [-0.3, -0.25) is 0 Å². The van der Waals surface area contributed by atoms with Crippen LogP contribution in [0.3, 0.4) is 0 Å². The smallest absolute Gasteiger partial charge is 0.338 e. The van der Waals surface area contributed by atoms with Crippen LogP contribution in [0.1, 0.15) is 57.0 Å². The predicted octanol–water partition coefficient (Wildman–Crippen LogP) is 4.73. The first-order valence-electron chi connectivity index (χ1n) is 11.3. The van der Waals surface area contributed by atoms with Crippen LogP contribution < -0.4 is 0 Å². The molecule has 0 aliphatic carbocycles. The van der Waals surface area contributed by atoms with E-state index in [0.717, 1.165) is 29.1 Å². The van der Waals surface area contributed by atoms with Gasteiger partial charge in [-0.25, -0.2) is 9.59 Å². The Morgan fingerprint density at radius 2 is 1.65 bits per heavy atom. The van der Waals surface area contributed by atoms with E-state index in [1.807, 2.05) is 32.3 Å². The Labute approximate surface area is 198 Å². The Hall–Kier alpha value is -3.68. The number of hydrogen-bond acceptors (Lipinski definition) is 5. The highest BCUT2D eigenvalue weighted by molar-refractivity contribution is 5.94. The first-order chi connectivity index (χ1) is 15.9. The van der Waals surface area contributed by atoms with Crippen LogP contribution in [0.2, 0.25) is 0 Å². The molecule has 0 aliphatic heterocycles. The monoisotopic (exact) mass is 465 g/mol. The summed E-state index contributed by atoms with van der Waals surface area (Å²) in [6.07, 6.45) is 2.05. The van der Waals surface area contributed by atoms with E-state index >= 15 is 0 Å². The summed E-state index contributed by atoms with van der Waals surface area (Å²) >= 11 is 0. The molecule has 0 amide bonds. The molecule has 34 heavy (non-hydrogen) atoms. The van der Waals surface area contributed by atoms with E-state index in [9.17, 15) is 14.7 Å². The number of carbonyl (C=O) groups excluding carboxylic acids is 2. The Morgan fingerprint density at radius 3 is 2.32 bits per heavy atom. The summed E-state index contributed by atoms with van der Waals surface area (Å²) in [5, 5.41) is 10.6. The number of phenolic OH excluding ortho intramolecular Hbond substituents is 1. The third-order valence-corrected chi connectivity index (χ3v) is 5.82. The van der Waals surface area contributed by atoms with Crippen LogP contribution in [0.4, 0.5) is 0 Å². The number of phenols is 1. The van der Waals surface area contributed by atoms with E-state index in [-0.39, 0.29) is 29.8 Å². The number of carbonyl (C=O) groups is 2. The van der Waals surface area contributed by atoms with Crippen molar-refractivity contribution in [2.24, 2.45) is 5.41 Å². The molecule has 0 bridgehead atoms. The number of nitrogens with zero attached hydrogens (tertiary/aromatic N) is 3. The van der Waals surface area contributed by atoms with Gasteiger partial charge in [0, 0.05) is 6.08 Å². The highest BCUT2D eigenvalue weighted by Crippen LogP contribution is 2.39. The van der Waals surface area contributed by atoms with E-state index in [0.29, 0.717) is 11.3 Å². The van der Waals surface area contributed by atoms with Gasteiger partial charge >= 0.3 is 11.9 Å². The van der Waals surface area contributed by atoms with Gasteiger partial charge in [-0.15, -0.1) is 14.1 Å². The fraction of sp³-hybridized carbons (Fsp3) is 0.385. The summed E-state index contributed by atoms with van der Waals surface area (Å²) in [6, 6.07) is 11.0. The van der Waals surface area contributed by atoms with Crippen LogP contribution in [0.25, 0.3) is 16.7 Å². The molecule has 0 saturated carbocycles. The van der Waals surface area contributed by atoms with E-state index in [1.54, 1.807) is 18.2 Å². The van der Waals surface area contributed by atoms with Gasteiger partial charge in [0.25, 0.3) is 0 Å². The van der Waals surface area contributed by atoms with Gasteiger partial charge in [0.15, 0.2) is 0 Å². The first-order valence-corrected chi connectivity index (χ1v) is 11.3. The summed E-state index contributed by atoms with van der Waals surface area (Å²) < 4.78 is 13.8. The zero-order valence-electron chi connectivity index (χ0n) is 20.3. The zero-order valence-corrected chi connectivity index (χ0v) is 20.3. The van der Waals surface area contributed by atoms with Gasteiger partial charge in [0.2, 0.25) is 0 Å². The van der Waals surface area contributed by atoms with Gasteiger partial charge < -0.3 is 14.6 Å². The lowest BCUT2D eigenvalue weighted by molar-refractivity contribution is -0.138. The number of rotatable bonds is 8. The average molecular weight is 466 g/mol. The number of benzene rings is 2. The highest BCUT2D eigenvalue weighted by atomic mass is 16.6. The lowest BCUT2D eigenvalue weighted by Crippen LogP contribution is -2.24. The maximum atomic E-state index is 12.4. The van der Waals surface area contributed by atoms with Crippen LogP contribution in [0, 0.1) is 5.41 Å². The topological polar surface area (TPSA) is 86.6 Å². The lowest BCUT2D eigenvalue weighted by Gasteiger charge is -2.33. The molecule has 4 aromatic rings. The lowest BCUT2D eigenvalue weighted by atomic mass is 9.72.